The van der Waals surface area contributed by atoms with E-state index in [9.17, 15) is 63.3 Å². The van der Waals surface area contributed by atoms with Crippen LogP contribution in [0.15, 0.2) is 66.8 Å². The van der Waals surface area contributed by atoms with Gasteiger partial charge in [-0.15, -0.1) is 0 Å². The number of carboxylic acids is 1. The topological polar surface area (TPSA) is 381 Å². The standard InChI is InChI=1S/C73H105N7O21/c1-40-28-49(96-44(5)42(40)3)17-20-56-41(2)29-51(98-56)25-26-73-34-55(83)69(101-73)67-43(4)66(95-39-73)70-57(100-67)21-18-50(99-70)31-47(81)32-52-45(6)97-58(68(52)94-7)33-48(82)35-74-60(85)36-77-72(93)54(30-46-14-10-8-11-15-46)79-62(87)38-75-61(86)37-76-71(92)53(19-24-65(90)91)78-59(84)16-12-9-13-27-80-63(88)22-23-64(80)89/h8,10-11,14-15,22-23,40,43-45,48-58,66-70,82-83H,2-3,9,12-13,16-21,24-39H2,1,4-7H3,(H,74,85)(H,75,86)(H,76,92)(H,77,93)(H,78,84)(H,79,87)(H,90,91)/t40-,43?,44-,45+,48+,49+,50-,51+,52+,53?,54+,55?,56+,57+,58-,66-,67?,68-,69+,70+,73-/m1/s1. The monoisotopic (exact) mass is 1420 g/mol. The van der Waals surface area contributed by atoms with Crippen molar-refractivity contribution in [3.8, 4) is 0 Å². The van der Waals surface area contributed by atoms with Crippen LogP contribution in [0, 0.1) is 17.8 Å². The number of aliphatic hydroxyl groups is 2. The molecule has 9 rings (SSSR count). The first kappa shape index (κ1) is 78.3. The predicted molar refractivity (Wildman–Crippen MR) is 363 cm³/mol. The van der Waals surface area contributed by atoms with Crippen LogP contribution in [0.25, 0.3) is 0 Å². The lowest BCUT2D eigenvalue weighted by atomic mass is 9.81. The molecule has 21 atom stereocenters. The number of benzene rings is 1. The van der Waals surface area contributed by atoms with E-state index in [-0.39, 0.29) is 112 Å². The van der Waals surface area contributed by atoms with E-state index >= 15 is 0 Å². The summed E-state index contributed by atoms with van der Waals surface area (Å²) in [5.74, 6) is -6.58. The van der Waals surface area contributed by atoms with Gasteiger partial charge in [0.15, 0.2) is 0 Å². The van der Waals surface area contributed by atoms with Gasteiger partial charge in [-0.3, -0.25) is 52.8 Å². The first-order chi connectivity index (χ1) is 48.2. The largest absolute Gasteiger partial charge is 0.481 e. The lowest BCUT2D eigenvalue weighted by molar-refractivity contribution is -0.301. The number of imide groups is 1. The lowest BCUT2D eigenvalue weighted by Gasteiger charge is -2.52. The Morgan fingerprint density at radius 3 is 2.14 bits per heavy atom. The Kier molecular flexibility index (Phi) is 28.3. The molecule has 8 amide bonds. The number of unbranched alkanes of at least 4 members (excludes halogenated alkanes) is 2. The second-order valence-electron chi connectivity index (χ2n) is 28.9. The highest BCUT2D eigenvalue weighted by Crippen LogP contribution is 2.48. The minimum atomic E-state index is -1.31. The number of ketones is 1. The van der Waals surface area contributed by atoms with Crippen LogP contribution in [0.4, 0.5) is 0 Å². The summed E-state index contributed by atoms with van der Waals surface area (Å²) in [6, 6.07) is 6.17. The number of carbonyl (C=O) groups excluding carboxylic acids is 9. The summed E-state index contributed by atoms with van der Waals surface area (Å²) in [4.78, 5) is 129. The SMILES string of the molecule is C=C1C[C@H](CC[C@@]23CO[C@@H]4C(C)C(O[C@H]5CC[C@H](CC(=O)C[C@@H]6[C@@H](OC)[C@@H](C[C@H](O)CNC(=O)CNC(=O)[C@H](Cc7ccccc7)NC(=O)CNC(=O)CNC(=O)C(CCC(=O)O)NC(=O)CCCCCN7C(=O)C=CC7=O)O[C@H]6C)O[C@@H]54)[C@@H](O2)C(O)C3)O[C@H]1CC[C@H]1C[C@@H](C)C(=C)[C@@H](C)O1. The summed E-state index contributed by atoms with van der Waals surface area (Å²) in [5, 5.41) is 46.9. The van der Waals surface area contributed by atoms with Gasteiger partial charge in [0.25, 0.3) is 11.8 Å². The number of hydrogen-bond acceptors (Lipinski definition) is 20. The molecule has 8 aliphatic heterocycles. The van der Waals surface area contributed by atoms with Gasteiger partial charge in [-0.25, -0.2) is 0 Å². The molecule has 1 aromatic rings. The third-order valence-electron chi connectivity index (χ3n) is 21.3. The average molecular weight is 1420 g/mol. The number of nitrogens with one attached hydrogen (secondary N) is 6. The summed E-state index contributed by atoms with van der Waals surface area (Å²) < 4.78 is 52.3. The molecule has 0 aromatic heterocycles. The zero-order valence-corrected chi connectivity index (χ0v) is 58.8. The maximum absolute atomic E-state index is 14.0. The molecule has 0 spiro atoms. The molecule has 28 heteroatoms. The summed E-state index contributed by atoms with van der Waals surface area (Å²) >= 11 is 0. The molecular formula is C73H105N7O21. The third-order valence-corrected chi connectivity index (χ3v) is 21.3. The van der Waals surface area contributed by atoms with Gasteiger partial charge in [0, 0.05) is 89.1 Å². The number of methoxy groups -OCH3 is 1. The highest BCUT2D eigenvalue weighted by molar-refractivity contribution is 6.12. The van der Waals surface area contributed by atoms with Crippen molar-refractivity contribution in [1.82, 2.24) is 36.8 Å². The number of carbonyl (C=O) groups is 10. The molecule has 28 nitrogen and oxygen atoms in total. The van der Waals surface area contributed by atoms with Crippen molar-refractivity contribution in [2.75, 3.05) is 46.4 Å². The molecule has 1 aromatic carbocycles. The van der Waals surface area contributed by atoms with Crippen LogP contribution in [0.2, 0.25) is 0 Å². The fourth-order valence-corrected chi connectivity index (χ4v) is 15.6. The van der Waals surface area contributed by atoms with Crippen molar-refractivity contribution in [3.63, 3.8) is 0 Å². The first-order valence-corrected chi connectivity index (χ1v) is 36.1. The van der Waals surface area contributed by atoms with Crippen molar-refractivity contribution >= 4 is 59.0 Å². The molecular weight excluding hydrogens is 1310 g/mol. The van der Waals surface area contributed by atoms with Crippen LogP contribution in [0.3, 0.4) is 0 Å². The van der Waals surface area contributed by atoms with Gasteiger partial charge in [-0.05, 0) is 107 Å². The summed E-state index contributed by atoms with van der Waals surface area (Å²) in [5.41, 5.74) is 2.16. The summed E-state index contributed by atoms with van der Waals surface area (Å²) in [6.45, 7) is 15.2. The predicted octanol–water partition coefficient (Wildman–Crippen LogP) is 2.41. The van der Waals surface area contributed by atoms with Gasteiger partial charge >= 0.3 is 5.97 Å². The minimum Gasteiger partial charge on any atom is -0.481 e. The van der Waals surface area contributed by atoms with Crippen LogP contribution >= 0.6 is 0 Å². The molecule has 9 N–H and O–H groups in total. The molecule has 4 bridgehead atoms. The number of aliphatic carboxylic acids is 1. The Morgan fingerprint density at radius 1 is 0.723 bits per heavy atom. The Morgan fingerprint density at radius 2 is 1.43 bits per heavy atom. The van der Waals surface area contributed by atoms with Gasteiger partial charge in [-0.2, -0.15) is 0 Å². The van der Waals surface area contributed by atoms with E-state index in [0.717, 1.165) is 48.2 Å². The first-order valence-electron chi connectivity index (χ1n) is 36.1. The zero-order valence-electron chi connectivity index (χ0n) is 58.8. The molecule has 7 saturated heterocycles. The minimum absolute atomic E-state index is 0.00586. The summed E-state index contributed by atoms with van der Waals surface area (Å²) in [6.07, 6.45) is 3.85. The average Bonchev–Trinajstić information content (AvgIpc) is 1.67. The second kappa shape index (κ2) is 36.5. The van der Waals surface area contributed by atoms with Gasteiger partial charge in [0.05, 0.1) is 111 Å². The molecule has 0 radical (unpaired) electrons. The van der Waals surface area contributed by atoms with Crippen molar-refractivity contribution in [3.05, 3.63) is 72.4 Å². The molecule has 0 saturated carbocycles. The van der Waals surface area contributed by atoms with E-state index in [1.54, 1.807) is 30.3 Å². The van der Waals surface area contributed by atoms with Crippen LogP contribution in [-0.4, -0.2) is 235 Å². The molecule has 0 aliphatic carbocycles. The number of rotatable bonds is 36. The van der Waals surface area contributed by atoms with E-state index in [1.807, 2.05) is 6.92 Å². The van der Waals surface area contributed by atoms with E-state index in [2.05, 4.69) is 65.8 Å². The van der Waals surface area contributed by atoms with Crippen LogP contribution in [0.5, 0.6) is 0 Å². The molecule has 4 unspecified atom stereocenters. The maximum Gasteiger partial charge on any atom is 0.303 e. The third kappa shape index (κ3) is 21.6. The maximum atomic E-state index is 14.0. The van der Waals surface area contributed by atoms with Crippen molar-refractivity contribution < 1.29 is 101 Å². The van der Waals surface area contributed by atoms with Gasteiger partial charge in [0.1, 0.15) is 30.1 Å². The van der Waals surface area contributed by atoms with Crippen LogP contribution < -0.4 is 31.9 Å². The molecule has 558 valence electrons. The Bertz CT molecular complexity index is 3120. The number of nitrogens with zero attached hydrogens (tertiary/aromatic N) is 1. The van der Waals surface area contributed by atoms with Gasteiger partial charge in [-0.1, -0.05) is 63.8 Å². The number of carboxylic acid groups (broad SMARTS) is 1. The van der Waals surface area contributed by atoms with E-state index < -0.39 is 152 Å². The molecule has 8 aliphatic rings. The van der Waals surface area contributed by atoms with Crippen molar-refractivity contribution in [2.45, 2.75) is 259 Å². The van der Waals surface area contributed by atoms with E-state index in [0.29, 0.717) is 56.4 Å². The summed E-state index contributed by atoms with van der Waals surface area (Å²) in [7, 11) is 1.52. The second-order valence-corrected chi connectivity index (χ2v) is 28.9. The smallest absolute Gasteiger partial charge is 0.303 e. The van der Waals surface area contributed by atoms with Crippen LogP contribution in [0.1, 0.15) is 149 Å². The Balaban J connectivity index is 0.675. The van der Waals surface area contributed by atoms with Crippen molar-refractivity contribution in [2.24, 2.45) is 17.8 Å². The normalized spacial score (nSPS) is 32.2. The van der Waals surface area contributed by atoms with Gasteiger partial charge < -0.3 is 85.1 Å². The fraction of sp³-hybridized carbons (Fsp3) is 0.699. The molecule has 101 heavy (non-hydrogen) atoms. The number of ether oxygens (including phenoxy) is 8. The Labute approximate surface area is 590 Å². The van der Waals surface area contributed by atoms with E-state index in [4.69, 9.17) is 37.9 Å². The van der Waals surface area contributed by atoms with Crippen molar-refractivity contribution in [1.29, 1.82) is 0 Å². The highest BCUT2D eigenvalue weighted by Gasteiger charge is 2.59. The van der Waals surface area contributed by atoms with E-state index in [1.165, 1.54) is 19.3 Å². The lowest BCUT2D eigenvalue weighted by Crippen LogP contribution is -2.63. The van der Waals surface area contributed by atoms with Crippen LogP contribution in [-0.2, 0) is 92.3 Å². The zero-order chi connectivity index (χ0) is 72.7. The Hall–Kier alpha value is -6.86. The number of amides is 8. The number of hydrogen-bond donors (Lipinski definition) is 9. The fourth-order valence-electron chi connectivity index (χ4n) is 15.6. The quantitative estimate of drug-likeness (QED) is 0.0265. The van der Waals surface area contributed by atoms with Gasteiger partial charge in [0.2, 0.25) is 35.4 Å². The number of fused-ring (bicyclic) bond motifs is 7. The number of aliphatic hydroxyl groups excluding tert-OH is 2. The molecule has 7 fully saturated rings. The highest BCUT2D eigenvalue weighted by atomic mass is 16.6. The number of Topliss-reactive ketones (excluding diaryl/α,β-unsaturated/α-hetero) is 1. The molecule has 8 heterocycles.